The monoisotopic (exact) mass is 402 g/mol. The molecule has 0 aromatic heterocycles. The molecule has 2 aromatic rings. The van der Waals surface area contributed by atoms with Crippen molar-refractivity contribution < 1.29 is 17.9 Å². The second kappa shape index (κ2) is 8.65. The van der Waals surface area contributed by atoms with E-state index in [1.165, 1.54) is 12.1 Å². The van der Waals surface area contributed by atoms with Crippen molar-refractivity contribution in [3.8, 4) is 5.75 Å². The van der Waals surface area contributed by atoms with Crippen molar-refractivity contribution in [2.24, 2.45) is 5.92 Å². The van der Waals surface area contributed by atoms with Gasteiger partial charge >= 0.3 is 0 Å². The topological polar surface area (TPSA) is 75.7 Å². The predicted octanol–water partition coefficient (Wildman–Crippen LogP) is 3.76. The molecule has 150 valence electrons. The SMILES string of the molecule is CCOc1ccc(S(=O)(=O)Nc2ccccc2C(=O)N2CCC(C)CC2)cc1. The summed E-state index contributed by atoms with van der Waals surface area (Å²) in [6.45, 7) is 5.94. The summed E-state index contributed by atoms with van der Waals surface area (Å²) < 4.78 is 33.5. The third kappa shape index (κ3) is 4.65. The van der Waals surface area contributed by atoms with E-state index in [1.807, 2.05) is 6.92 Å². The Morgan fingerprint density at radius 1 is 1.11 bits per heavy atom. The highest BCUT2D eigenvalue weighted by Crippen LogP contribution is 2.25. The first-order valence-electron chi connectivity index (χ1n) is 9.54. The molecule has 0 saturated carbocycles. The molecule has 28 heavy (non-hydrogen) atoms. The third-order valence-corrected chi connectivity index (χ3v) is 6.30. The summed E-state index contributed by atoms with van der Waals surface area (Å²) in [4.78, 5) is 14.9. The van der Waals surface area contributed by atoms with Crippen molar-refractivity contribution in [2.75, 3.05) is 24.4 Å². The molecule has 7 heteroatoms. The van der Waals surface area contributed by atoms with E-state index < -0.39 is 10.0 Å². The zero-order valence-corrected chi connectivity index (χ0v) is 17.0. The lowest BCUT2D eigenvalue weighted by atomic mass is 9.98. The van der Waals surface area contributed by atoms with Gasteiger partial charge in [-0.1, -0.05) is 19.1 Å². The molecule has 1 amide bonds. The molecule has 1 fully saturated rings. The van der Waals surface area contributed by atoms with E-state index in [0.29, 0.717) is 42.6 Å². The van der Waals surface area contributed by atoms with Crippen LogP contribution in [0.25, 0.3) is 0 Å². The van der Waals surface area contributed by atoms with Gasteiger partial charge in [-0.3, -0.25) is 9.52 Å². The largest absolute Gasteiger partial charge is 0.494 e. The maximum absolute atomic E-state index is 12.9. The fourth-order valence-electron chi connectivity index (χ4n) is 3.23. The molecule has 1 N–H and O–H groups in total. The number of likely N-dealkylation sites (tertiary alicyclic amines) is 1. The number of rotatable bonds is 6. The second-order valence-electron chi connectivity index (χ2n) is 7.03. The molecule has 1 aliphatic heterocycles. The van der Waals surface area contributed by atoms with Crippen LogP contribution in [0.1, 0.15) is 37.0 Å². The minimum Gasteiger partial charge on any atom is -0.494 e. The van der Waals surface area contributed by atoms with Crippen molar-refractivity contribution in [1.82, 2.24) is 4.90 Å². The number of piperidine rings is 1. The van der Waals surface area contributed by atoms with Gasteiger partial charge in [0.1, 0.15) is 5.75 Å². The van der Waals surface area contributed by atoms with E-state index in [9.17, 15) is 13.2 Å². The van der Waals surface area contributed by atoms with Crippen molar-refractivity contribution in [1.29, 1.82) is 0 Å². The standard InChI is InChI=1S/C21H26N2O4S/c1-3-27-17-8-10-18(11-9-17)28(25,26)22-20-7-5-4-6-19(20)21(24)23-14-12-16(2)13-15-23/h4-11,16,22H,3,12-15H2,1-2H3. The predicted molar refractivity (Wildman–Crippen MR) is 109 cm³/mol. The van der Waals surface area contributed by atoms with Gasteiger partial charge < -0.3 is 9.64 Å². The van der Waals surface area contributed by atoms with Gasteiger partial charge in [0, 0.05) is 13.1 Å². The van der Waals surface area contributed by atoms with Crippen LogP contribution in [0.3, 0.4) is 0 Å². The van der Waals surface area contributed by atoms with Crippen LogP contribution < -0.4 is 9.46 Å². The summed E-state index contributed by atoms with van der Waals surface area (Å²) in [6.07, 6.45) is 1.93. The number of anilines is 1. The lowest BCUT2D eigenvalue weighted by molar-refractivity contribution is 0.0698. The molecule has 0 spiro atoms. The van der Waals surface area contributed by atoms with Crippen LogP contribution >= 0.6 is 0 Å². The minimum atomic E-state index is -3.82. The first kappa shape index (κ1) is 20.2. The van der Waals surface area contributed by atoms with Gasteiger partial charge in [0.25, 0.3) is 15.9 Å². The molecule has 2 aromatic carbocycles. The maximum Gasteiger partial charge on any atom is 0.261 e. The van der Waals surface area contributed by atoms with Crippen molar-refractivity contribution >= 4 is 21.6 Å². The van der Waals surface area contributed by atoms with E-state index in [-0.39, 0.29) is 10.8 Å². The summed E-state index contributed by atoms with van der Waals surface area (Å²) in [7, 11) is -3.82. The Kier molecular flexibility index (Phi) is 6.24. The lowest BCUT2D eigenvalue weighted by Crippen LogP contribution is -2.38. The van der Waals surface area contributed by atoms with Gasteiger partial charge in [-0.05, 0) is 62.1 Å². The van der Waals surface area contributed by atoms with E-state index in [2.05, 4.69) is 11.6 Å². The van der Waals surface area contributed by atoms with Gasteiger partial charge in [0.05, 0.1) is 22.8 Å². The van der Waals surface area contributed by atoms with E-state index in [0.717, 1.165) is 12.8 Å². The highest BCUT2D eigenvalue weighted by molar-refractivity contribution is 7.92. The van der Waals surface area contributed by atoms with Crippen LogP contribution in [-0.2, 0) is 10.0 Å². The molecule has 0 atom stereocenters. The highest BCUT2D eigenvalue weighted by atomic mass is 32.2. The fraction of sp³-hybridized carbons (Fsp3) is 0.381. The second-order valence-corrected chi connectivity index (χ2v) is 8.71. The first-order valence-corrected chi connectivity index (χ1v) is 11.0. The number of nitrogens with zero attached hydrogens (tertiary/aromatic N) is 1. The molecule has 0 unspecified atom stereocenters. The van der Waals surface area contributed by atoms with Crippen LogP contribution in [-0.4, -0.2) is 38.9 Å². The quantitative estimate of drug-likeness (QED) is 0.798. The first-order chi connectivity index (χ1) is 13.4. The number of amides is 1. The molecule has 1 heterocycles. The summed E-state index contributed by atoms with van der Waals surface area (Å²) >= 11 is 0. The number of sulfonamides is 1. The van der Waals surface area contributed by atoms with E-state index >= 15 is 0 Å². The normalized spacial score (nSPS) is 15.3. The number of hydrogen-bond donors (Lipinski definition) is 1. The zero-order valence-electron chi connectivity index (χ0n) is 16.2. The fourth-order valence-corrected chi connectivity index (χ4v) is 4.31. The Hall–Kier alpha value is -2.54. The number of benzene rings is 2. The van der Waals surface area contributed by atoms with Crippen LogP contribution in [0.5, 0.6) is 5.75 Å². The van der Waals surface area contributed by atoms with Gasteiger partial charge in [-0.25, -0.2) is 8.42 Å². The molecular formula is C21H26N2O4S. The smallest absolute Gasteiger partial charge is 0.261 e. The number of carbonyl (C=O) groups is 1. The number of para-hydroxylation sites is 1. The molecule has 6 nitrogen and oxygen atoms in total. The molecule has 0 bridgehead atoms. The van der Waals surface area contributed by atoms with E-state index in [4.69, 9.17) is 4.74 Å². The zero-order chi connectivity index (χ0) is 20.1. The molecule has 1 aliphatic rings. The Labute approximate surface area is 166 Å². The minimum absolute atomic E-state index is 0.116. The van der Waals surface area contributed by atoms with Crippen LogP contribution in [0, 0.1) is 5.92 Å². The van der Waals surface area contributed by atoms with Crippen LogP contribution in [0.2, 0.25) is 0 Å². The van der Waals surface area contributed by atoms with Crippen molar-refractivity contribution in [3.63, 3.8) is 0 Å². The Balaban J connectivity index is 1.81. The van der Waals surface area contributed by atoms with Gasteiger partial charge in [0.15, 0.2) is 0 Å². The van der Waals surface area contributed by atoms with Gasteiger partial charge in [-0.2, -0.15) is 0 Å². The number of nitrogens with one attached hydrogen (secondary N) is 1. The number of hydrogen-bond acceptors (Lipinski definition) is 4. The van der Waals surface area contributed by atoms with Gasteiger partial charge in [-0.15, -0.1) is 0 Å². The molecule has 0 radical (unpaired) electrons. The van der Waals surface area contributed by atoms with Crippen LogP contribution in [0.15, 0.2) is 53.4 Å². The Bertz CT molecular complexity index is 918. The average Bonchev–Trinajstić information content (AvgIpc) is 2.69. The van der Waals surface area contributed by atoms with Crippen LogP contribution in [0.4, 0.5) is 5.69 Å². The molecular weight excluding hydrogens is 376 g/mol. The maximum atomic E-state index is 12.9. The summed E-state index contributed by atoms with van der Waals surface area (Å²) in [5.74, 6) is 1.07. The Morgan fingerprint density at radius 3 is 2.39 bits per heavy atom. The summed E-state index contributed by atoms with van der Waals surface area (Å²) in [5.41, 5.74) is 0.659. The average molecular weight is 403 g/mol. The molecule has 0 aliphatic carbocycles. The third-order valence-electron chi connectivity index (χ3n) is 4.92. The van der Waals surface area contributed by atoms with Crippen molar-refractivity contribution in [3.05, 3.63) is 54.1 Å². The van der Waals surface area contributed by atoms with Gasteiger partial charge in [0.2, 0.25) is 0 Å². The highest BCUT2D eigenvalue weighted by Gasteiger charge is 2.25. The number of ether oxygens (including phenoxy) is 1. The summed E-state index contributed by atoms with van der Waals surface area (Å²) in [6, 6.07) is 12.9. The van der Waals surface area contributed by atoms with E-state index in [1.54, 1.807) is 41.3 Å². The summed E-state index contributed by atoms with van der Waals surface area (Å²) in [5, 5.41) is 0. The molecule has 3 rings (SSSR count). The molecule has 1 saturated heterocycles. The lowest BCUT2D eigenvalue weighted by Gasteiger charge is -2.30. The number of carbonyl (C=O) groups excluding carboxylic acids is 1. The van der Waals surface area contributed by atoms with Crippen molar-refractivity contribution in [2.45, 2.75) is 31.6 Å². The Morgan fingerprint density at radius 2 is 1.75 bits per heavy atom.